The lowest BCUT2D eigenvalue weighted by atomic mass is 9.95. The molecule has 0 fully saturated rings. The Labute approximate surface area is 138 Å². The van der Waals surface area contributed by atoms with E-state index in [1.54, 1.807) is 18.2 Å². The number of nitrogens with one attached hydrogen (secondary N) is 1. The summed E-state index contributed by atoms with van der Waals surface area (Å²) in [4.78, 5) is 12.6. The van der Waals surface area contributed by atoms with Crippen LogP contribution in [0.1, 0.15) is 35.8 Å². The molecule has 0 radical (unpaired) electrons. The number of benzene rings is 2. The first-order valence-corrected chi connectivity index (χ1v) is 7.81. The van der Waals surface area contributed by atoms with E-state index >= 15 is 0 Å². The van der Waals surface area contributed by atoms with Gasteiger partial charge in [-0.1, -0.05) is 62.9 Å². The highest BCUT2D eigenvalue weighted by Gasteiger charge is 2.19. The van der Waals surface area contributed by atoms with Crippen molar-refractivity contribution in [3.63, 3.8) is 0 Å². The molecule has 0 unspecified atom stereocenters. The highest BCUT2D eigenvalue weighted by molar-refractivity contribution is 5.94. The van der Waals surface area contributed by atoms with Crippen LogP contribution in [-0.2, 0) is 0 Å². The third kappa shape index (κ3) is 4.71. The van der Waals surface area contributed by atoms with E-state index in [4.69, 9.17) is 4.74 Å². The maximum atomic E-state index is 12.6. The predicted octanol–water partition coefficient (Wildman–Crippen LogP) is 4.38. The molecule has 0 aromatic heterocycles. The number of carbonyl (C=O) groups excluding carboxylic acids is 1. The normalized spacial score (nSPS) is 11.8. The summed E-state index contributed by atoms with van der Waals surface area (Å²) < 4.78 is 5.48. The van der Waals surface area contributed by atoms with Crippen molar-refractivity contribution < 1.29 is 9.53 Å². The lowest BCUT2D eigenvalue weighted by Gasteiger charge is -2.23. The number of rotatable bonds is 7. The minimum Gasteiger partial charge on any atom is -0.490 e. The second kappa shape index (κ2) is 8.18. The lowest BCUT2D eigenvalue weighted by Crippen LogP contribution is -2.31. The van der Waals surface area contributed by atoms with E-state index in [2.05, 4.69) is 25.7 Å². The molecule has 0 saturated carbocycles. The molecule has 0 bridgehead atoms. The van der Waals surface area contributed by atoms with Crippen LogP contribution >= 0.6 is 0 Å². The van der Waals surface area contributed by atoms with E-state index in [9.17, 15) is 4.79 Å². The van der Waals surface area contributed by atoms with Crippen LogP contribution in [-0.4, -0.2) is 12.5 Å². The average Bonchev–Trinajstić information content (AvgIpc) is 2.58. The molecule has 0 heterocycles. The molecule has 3 nitrogen and oxygen atoms in total. The molecule has 1 amide bonds. The third-order valence-electron chi connectivity index (χ3n) is 3.58. The van der Waals surface area contributed by atoms with Gasteiger partial charge < -0.3 is 10.1 Å². The van der Waals surface area contributed by atoms with Crippen LogP contribution in [0.25, 0.3) is 0 Å². The number of carbonyl (C=O) groups is 1. The van der Waals surface area contributed by atoms with Crippen molar-refractivity contribution in [1.29, 1.82) is 0 Å². The molecule has 120 valence electrons. The predicted molar refractivity (Wildman–Crippen MR) is 93.6 cm³/mol. The minimum absolute atomic E-state index is 0.0264. The minimum atomic E-state index is -0.100. The van der Waals surface area contributed by atoms with E-state index in [0.29, 0.717) is 23.8 Å². The summed E-state index contributed by atoms with van der Waals surface area (Å²) in [6, 6.07) is 17.2. The molecule has 0 aliphatic carbocycles. The number of hydrogen-bond acceptors (Lipinski definition) is 2. The summed E-state index contributed by atoms with van der Waals surface area (Å²) >= 11 is 0. The fourth-order valence-electron chi connectivity index (χ4n) is 2.40. The van der Waals surface area contributed by atoms with Crippen LogP contribution in [0.4, 0.5) is 0 Å². The molecule has 23 heavy (non-hydrogen) atoms. The first-order chi connectivity index (χ1) is 11.1. The van der Waals surface area contributed by atoms with Crippen LogP contribution in [0, 0.1) is 5.92 Å². The average molecular weight is 309 g/mol. The molecule has 0 aliphatic rings. The van der Waals surface area contributed by atoms with Crippen molar-refractivity contribution in [3.8, 4) is 5.75 Å². The van der Waals surface area contributed by atoms with Crippen LogP contribution in [0.2, 0.25) is 0 Å². The van der Waals surface area contributed by atoms with Crippen molar-refractivity contribution in [2.45, 2.75) is 19.9 Å². The second-order valence-electron chi connectivity index (χ2n) is 5.73. The Morgan fingerprint density at radius 3 is 2.57 bits per heavy atom. The first-order valence-electron chi connectivity index (χ1n) is 7.81. The molecular weight excluding hydrogens is 286 g/mol. The zero-order valence-corrected chi connectivity index (χ0v) is 13.7. The largest absolute Gasteiger partial charge is 0.490 e. The van der Waals surface area contributed by atoms with E-state index in [-0.39, 0.29) is 11.9 Å². The second-order valence-corrected chi connectivity index (χ2v) is 5.73. The fraction of sp³-hybridized carbons (Fsp3) is 0.250. The Hall–Kier alpha value is -2.55. The Morgan fingerprint density at radius 1 is 1.17 bits per heavy atom. The molecule has 1 atom stereocenters. The Balaban J connectivity index is 2.14. The summed E-state index contributed by atoms with van der Waals surface area (Å²) in [6.45, 7) is 8.24. The van der Waals surface area contributed by atoms with Crippen LogP contribution in [0.15, 0.2) is 67.3 Å². The molecular formula is C20H23NO2. The quantitative estimate of drug-likeness (QED) is 0.771. The van der Waals surface area contributed by atoms with Gasteiger partial charge in [-0.25, -0.2) is 0 Å². The van der Waals surface area contributed by atoms with Gasteiger partial charge in [-0.05, 0) is 29.7 Å². The topological polar surface area (TPSA) is 38.3 Å². The van der Waals surface area contributed by atoms with Crippen LogP contribution in [0.3, 0.4) is 0 Å². The van der Waals surface area contributed by atoms with Crippen molar-refractivity contribution in [2.24, 2.45) is 5.92 Å². The van der Waals surface area contributed by atoms with E-state index < -0.39 is 0 Å². The standard InChI is InChI=1S/C20H23NO2/c1-4-13-23-18-12-8-11-17(14-18)20(22)21-19(15(2)3)16-9-6-5-7-10-16/h4-12,14-15,19H,1,13H2,2-3H3,(H,21,22)/t19-/m0/s1. The van der Waals surface area contributed by atoms with Gasteiger partial charge in [0.25, 0.3) is 5.91 Å². The molecule has 2 aromatic carbocycles. The maximum Gasteiger partial charge on any atom is 0.251 e. The zero-order valence-electron chi connectivity index (χ0n) is 13.7. The van der Waals surface area contributed by atoms with Crippen molar-refractivity contribution in [3.05, 3.63) is 78.4 Å². The van der Waals surface area contributed by atoms with Crippen molar-refractivity contribution in [1.82, 2.24) is 5.32 Å². The monoisotopic (exact) mass is 309 g/mol. The molecule has 3 heteroatoms. The van der Waals surface area contributed by atoms with Crippen molar-refractivity contribution >= 4 is 5.91 Å². The SMILES string of the molecule is C=CCOc1cccc(C(=O)N[C@H](c2ccccc2)C(C)C)c1. The third-order valence-corrected chi connectivity index (χ3v) is 3.58. The van der Waals surface area contributed by atoms with E-state index in [1.165, 1.54) is 0 Å². The summed E-state index contributed by atoms with van der Waals surface area (Å²) in [5, 5.41) is 3.12. The fourth-order valence-corrected chi connectivity index (χ4v) is 2.40. The summed E-state index contributed by atoms with van der Waals surface area (Å²) in [6.07, 6.45) is 1.68. The van der Waals surface area contributed by atoms with Gasteiger partial charge in [0, 0.05) is 5.56 Å². The number of hydrogen-bond donors (Lipinski definition) is 1. The lowest BCUT2D eigenvalue weighted by molar-refractivity contribution is 0.0925. The molecule has 0 spiro atoms. The van der Waals surface area contributed by atoms with Gasteiger partial charge in [0.2, 0.25) is 0 Å². The smallest absolute Gasteiger partial charge is 0.251 e. The van der Waals surface area contributed by atoms with Crippen molar-refractivity contribution in [2.75, 3.05) is 6.61 Å². The Kier molecular flexibility index (Phi) is 5.98. The molecule has 2 rings (SSSR count). The maximum absolute atomic E-state index is 12.6. The summed E-state index contributed by atoms with van der Waals surface area (Å²) in [7, 11) is 0. The number of amides is 1. The van der Waals surface area contributed by atoms with Gasteiger partial charge >= 0.3 is 0 Å². The van der Waals surface area contributed by atoms with E-state index in [1.807, 2.05) is 42.5 Å². The van der Waals surface area contributed by atoms with Gasteiger partial charge in [0.1, 0.15) is 12.4 Å². The number of ether oxygens (including phenoxy) is 1. The van der Waals surface area contributed by atoms with E-state index in [0.717, 1.165) is 5.56 Å². The molecule has 0 aliphatic heterocycles. The molecule has 0 saturated heterocycles. The van der Waals surface area contributed by atoms with Gasteiger partial charge in [-0.15, -0.1) is 0 Å². The Bertz CT molecular complexity index is 650. The van der Waals surface area contributed by atoms with Gasteiger partial charge in [-0.3, -0.25) is 4.79 Å². The Morgan fingerprint density at radius 2 is 1.91 bits per heavy atom. The zero-order chi connectivity index (χ0) is 16.7. The van der Waals surface area contributed by atoms with Crippen LogP contribution in [0.5, 0.6) is 5.75 Å². The van der Waals surface area contributed by atoms with Gasteiger partial charge in [0.15, 0.2) is 0 Å². The van der Waals surface area contributed by atoms with Gasteiger partial charge in [0.05, 0.1) is 6.04 Å². The summed E-state index contributed by atoms with van der Waals surface area (Å²) in [5.41, 5.74) is 1.70. The summed E-state index contributed by atoms with van der Waals surface area (Å²) in [5.74, 6) is 0.858. The molecule has 2 aromatic rings. The highest BCUT2D eigenvalue weighted by atomic mass is 16.5. The highest BCUT2D eigenvalue weighted by Crippen LogP contribution is 2.22. The first kappa shape index (κ1) is 16.8. The molecule has 1 N–H and O–H groups in total. The van der Waals surface area contributed by atoms with Crippen LogP contribution < -0.4 is 10.1 Å². The van der Waals surface area contributed by atoms with Gasteiger partial charge in [-0.2, -0.15) is 0 Å².